The van der Waals surface area contributed by atoms with Crippen LogP contribution in [0.15, 0.2) is 6.33 Å². The van der Waals surface area contributed by atoms with E-state index in [0.717, 1.165) is 35.6 Å². The van der Waals surface area contributed by atoms with E-state index in [9.17, 15) is 0 Å². The van der Waals surface area contributed by atoms with Crippen molar-refractivity contribution in [3.05, 3.63) is 12.2 Å². The molecule has 2 heterocycles. The number of rotatable bonds is 3. The molecule has 0 saturated carbocycles. The minimum Gasteiger partial charge on any atom is -0.371 e. The molecule has 0 fully saturated rings. The molecule has 0 unspecified atom stereocenters. The van der Waals surface area contributed by atoms with E-state index in [1.54, 1.807) is 6.33 Å². The molecule has 0 atom stereocenters. The van der Waals surface area contributed by atoms with E-state index in [-0.39, 0.29) is 0 Å². The van der Waals surface area contributed by atoms with Gasteiger partial charge in [0, 0.05) is 13.5 Å². The lowest BCUT2D eigenvalue weighted by molar-refractivity contribution is 0.843. The summed E-state index contributed by atoms with van der Waals surface area (Å²) in [5.41, 5.74) is 1.60. The molecule has 2 aromatic rings. The summed E-state index contributed by atoms with van der Waals surface area (Å²) in [6.45, 7) is 2.11. The maximum atomic E-state index is 4.39. The molecular weight excluding hydrogens is 178 g/mol. The Morgan fingerprint density at radius 3 is 3.00 bits per heavy atom. The summed E-state index contributed by atoms with van der Waals surface area (Å²) in [6, 6.07) is 0. The molecule has 0 amide bonds. The molecule has 5 heteroatoms. The van der Waals surface area contributed by atoms with Gasteiger partial charge in [-0.1, -0.05) is 6.92 Å². The summed E-state index contributed by atoms with van der Waals surface area (Å²) in [5.74, 6) is 1.66. The Morgan fingerprint density at radius 1 is 1.43 bits per heavy atom. The predicted octanol–water partition coefficient (Wildman–Crippen LogP) is 1.35. The number of fused-ring (bicyclic) bond motifs is 1. The van der Waals surface area contributed by atoms with E-state index in [1.165, 1.54) is 0 Å². The van der Waals surface area contributed by atoms with Crippen LogP contribution in [0.4, 0.5) is 5.82 Å². The smallest absolute Gasteiger partial charge is 0.183 e. The Balaban J connectivity index is 2.55. The second-order valence-corrected chi connectivity index (χ2v) is 3.09. The standard InChI is InChI=1S/C9H13N5/c1-3-4-6-13-8(10-2)7-9(14-6)12-5-11-7/h5H,3-4H2,1-2H3,(H2,10,11,12,13,14). The predicted molar refractivity (Wildman–Crippen MR) is 55.2 cm³/mol. The van der Waals surface area contributed by atoms with Gasteiger partial charge in [0.2, 0.25) is 0 Å². The molecule has 14 heavy (non-hydrogen) atoms. The topological polar surface area (TPSA) is 66.5 Å². The fourth-order valence-electron chi connectivity index (χ4n) is 1.39. The second-order valence-electron chi connectivity index (χ2n) is 3.09. The lowest BCUT2D eigenvalue weighted by Crippen LogP contribution is -2.01. The number of nitrogens with zero attached hydrogens (tertiary/aromatic N) is 3. The van der Waals surface area contributed by atoms with Gasteiger partial charge in [0.05, 0.1) is 6.33 Å². The molecule has 0 radical (unpaired) electrons. The average Bonchev–Trinajstić information content (AvgIpc) is 2.65. The Kier molecular flexibility index (Phi) is 2.30. The van der Waals surface area contributed by atoms with Crippen molar-refractivity contribution in [2.45, 2.75) is 19.8 Å². The van der Waals surface area contributed by atoms with Gasteiger partial charge >= 0.3 is 0 Å². The number of hydrogen-bond acceptors (Lipinski definition) is 4. The van der Waals surface area contributed by atoms with E-state index in [4.69, 9.17) is 0 Å². The monoisotopic (exact) mass is 191 g/mol. The van der Waals surface area contributed by atoms with Crippen LogP contribution in [0.1, 0.15) is 19.2 Å². The highest BCUT2D eigenvalue weighted by Gasteiger charge is 2.07. The van der Waals surface area contributed by atoms with Crippen molar-refractivity contribution in [1.29, 1.82) is 0 Å². The molecule has 2 rings (SSSR count). The van der Waals surface area contributed by atoms with E-state index < -0.39 is 0 Å². The van der Waals surface area contributed by atoms with Gasteiger partial charge in [-0.05, 0) is 6.42 Å². The first kappa shape index (κ1) is 8.93. The zero-order chi connectivity index (χ0) is 9.97. The van der Waals surface area contributed by atoms with Crippen molar-refractivity contribution >= 4 is 17.0 Å². The van der Waals surface area contributed by atoms with Crippen LogP contribution in [0.2, 0.25) is 0 Å². The quantitative estimate of drug-likeness (QED) is 0.768. The average molecular weight is 191 g/mol. The zero-order valence-corrected chi connectivity index (χ0v) is 8.33. The Morgan fingerprint density at radius 2 is 2.29 bits per heavy atom. The molecule has 0 aliphatic heterocycles. The third-order valence-electron chi connectivity index (χ3n) is 2.04. The maximum absolute atomic E-state index is 4.39. The lowest BCUT2D eigenvalue weighted by atomic mass is 10.3. The molecule has 0 aromatic carbocycles. The minimum absolute atomic E-state index is 0.729. The van der Waals surface area contributed by atoms with Gasteiger partial charge in [-0.2, -0.15) is 0 Å². The van der Waals surface area contributed by atoms with Crippen LogP contribution < -0.4 is 5.32 Å². The number of anilines is 1. The third-order valence-corrected chi connectivity index (χ3v) is 2.04. The first-order chi connectivity index (χ1) is 6.85. The normalized spacial score (nSPS) is 10.7. The molecule has 74 valence electrons. The second kappa shape index (κ2) is 3.61. The van der Waals surface area contributed by atoms with Gasteiger partial charge in [0.25, 0.3) is 0 Å². The largest absolute Gasteiger partial charge is 0.371 e. The minimum atomic E-state index is 0.729. The molecule has 0 aliphatic carbocycles. The van der Waals surface area contributed by atoms with Crippen molar-refractivity contribution in [3.8, 4) is 0 Å². The summed E-state index contributed by atoms with van der Waals surface area (Å²) < 4.78 is 0. The summed E-state index contributed by atoms with van der Waals surface area (Å²) in [7, 11) is 1.85. The van der Waals surface area contributed by atoms with Crippen molar-refractivity contribution in [2.24, 2.45) is 0 Å². The third kappa shape index (κ3) is 1.41. The highest BCUT2D eigenvalue weighted by Crippen LogP contribution is 2.15. The number of imidazole rings is 1. The number of H-pyrrole nitrogens is 1. The molecule has 0 bridgehead atoms. The van der Waals surface area contributed by atoms with Gasteiger partial charge < -0.3 is 10.3 Å². The number of nitrogens with one attached hydrogen (secondary N) is 2. The Bertz CT molecular complexity index is 434. The first-order valence-corrected chi connectivity index (χ1v) is 4.73. The summed E-state index contributed by atoms with van der Waals surface area (Å²) >= 11 is 0. The van der Waals surface area contributed by atoms with E-state index in [2.05, 4.69) is 32.2 Å². The van der Waals surface area contributed by atoms with Crippen LogP contribution in [0.3, 0.4) is 0 Å². The van der Waals surface area contributed by atoms with Crippen LogP contribution in [-0.4, -0.2) is 27.0 Å². The number of hydrogen-bond donors (Lipinski definition) is 2. The van der Waals surface area contributed by atoms with Crippen LogP contribution in [0.5, 0.6) is 0 Å². The molecule has 2 N–H and O–H groups in total. The molecule has 0 saturated heterocycles. The van der Waals surface area contributed by atoms with Gasteiger partial charge in [-0.25, -0.2) is 15.0 Å². The Labute approximate surface area is 82.0 Å². The van der Waals surface area contributed by atoms with Crippen molar-refractivity contribution in [2.75, 3.05) is 12.4 Å². The summed E-state index contributed by atoms with van der Waals surface area (Å²) in [5, 5.41) is 3.03. The maximum Gasteiger partial charge on any atom is 0.183 e. The molecular formula is C9H13N5. The van der Waals surface area contributed by atoms with Crippen molar-refractivity contribution < 1.29 is 0 Å². The zero-order valence-electron chi connectivity index (χ0n) is 8.33. The van der Waals surface area contributed by atoms with Crippen molar-refractivity contribution in [1.82, 2.24) is 19.9 Å². The molecule has 0 spiro atoms. The highest BCUT2D eigenvalue weighted by molar-refractivity contribution is 5.82. The molecule has 0 aliphatic rings. The van der Waals surface area contributed by atoms with Crippen LogP contribution in [0, 0.1) is 0 Å². The number of aromatic nitrogens is 4. The number of aromatic amines is 1. The summed E-state index contributed by atoms with van der Waals surface area (Å²) in [4.78, 5) is 15.9. The van der Waals surface area contributed by atoms with Crippen LogP contribution >= 0.6 is 0 Å². The van der Waals surface area contributed by atoms with Gasteiger partial charge in [0.15, 0.2) is 11.5 Å². The van der Waals surface area contributed by atoms with Gasteiger partial charge in [-0.15, -0.1) is 0 Å². The molecule has 2 aromatic heterocycles. The molecule has 5 nitrogen and oxygen atoms in total. The lowest BCUT2D eigenvalue weighted by Gasteiger charge is -2.02. The highest BCUT2D eigenvalue weighted by atomic mass is 15.1. The summed E-state index contributed by atoms with van der Waals surface area (Å²) in [6.07, 6.45) is 3.56. The Hall–Kier alpha value is -1.65. The first-order valence-electron chi connectivity index (χ1n) is 4.73. The van der Waals surface area contributed by atoms with Crippen molar-refractivity contribution in [3.63, 3.8) is 0 Å². The fraction of sp³-hybridized carbons (Fsp3) is 0.444. The number of aryl methyl sites for hydroxylation is 1. The SMILES string of the molecule is CCCc1nc(NC)c2[nH]cnc2n1. The van der Waals surface area contributed by atoms with E-state index in [0.29, 0.717) is 0 Å². The van der Waals surface area contributed by atoms with Crippen LogP contribution in [-0.2, 0) is 6.42 Å². The van der Waals surface area contributed by atoms with Crippen LogP contribution in [0.25, 0.3) is 11.2 Å². The van der Waals surface area contributed by atoms with E-state index >= 15 is 0 Å². The van der Waals surface area contributed by atoms with Gasteiger partial charge in [0.1, 0.15) is 11.3 Å². The van der Waals surface area contributed by atoms with E-state index in [1.807, 2.05) is 7.05 Å². The fourth-order valence-corrected chi connectivity index (χ4v) is 1.39. The van der Waals surface area contributed by atoms with Gasteiger partial charge in [-0.3, -0.25) is 0 Å².